The largest absolute Gasteiger partial charge is 0.474 e. The van der Waals surface area contributed by atoms with Gasteiger partial charge in [-0.3, -0.25) is 4.79 Å². The van der Waals surface area contributed by atoms with E-state index in [4.69, 9.17) is 21.1 Å². The molecule has 0 radical (unpaired) electrons. The van der Waals surface area contributed by atoms with E-state index in [9.17, 15) is 4.79 Å². The minimum atomic E-state index is -0.132. The summed E-state index contributed by atoms with van der Waals surface area (Å²) < 4.78 is 10.8. The first-order valence-electron chi connectivity index (χ1n) is 8.32. The van der Waals surface area contributed by atoms with E-state index in [-0.39, 0.29) is 12.1 Å². The number of ether oxygens (including phenoxy) is 2. The van der Waals surface area contributed by atoms with E-state index >= 15 is 0 Å². The van der Waals surface area contributed by atoms with Crippen molar-refractivity contribution in [3.8, 4) is 5.88 Å². The van der Waals surface area contributed by atoms with Crippen molar-refractivity contribution < 1.29 is 14.3 Å². The Bertz CT molecular complexity index is 473. The van der Waals surface area contributed by atoms with Crippen molar-refractivity contribution in [2.45, 2.75) is 45.1 Å². The van der Waals surface area contributed by atoms with Crippen molar-refractivity contribution in [1.29, 1.82) is 0 Å². The van der Waals surface area contributed by atoms with Crippen LogP contribution >= 0.6 is 11.6 Å². The quantitative estimate of drug-likeness (QED) is 0.581. The molecule has 1 fully saturated rings. The Balaban J connectivity index is 1.58. The smallest absolute Gasteiger partial charge is 0.307 e. The SMILES string of the molecule is CCOC(=O)CCNC[C@H]1CC[C@H](Oc2ccc(Cl)cn2)CC1. The highest BCUT2D eigenvalue weighted by Gasteiger charge is 2.22. The van der Waals surface area contributed by atoms with Gasteiger partial charge >= 0.3 is 5.97 Å². The van der Waals surface area contributed by atoms with Crippen LogP contribution in [-0.4, -0.2) is 36.8 Å². The average Bonchev–Trinajstić information content (AvgIpc) is 2.55. The molecule has 2 rings (SSSR count). The van der Waals surface area contributed by atoms with Gasteiger partial charge in [-0.15, -0.1) is 0 Å². The molecule has 0 bridgehead atoms. The van der Waals surface area contributed by atoms with Crippen LogP contribution in [0.15, 0.2) is 18.3 Å². The van der Waals surface area contributed by atoms with E-state index in [0.717, 1.165) is 32.2 Å². The molecule has 0 aromatic carbocycles. The predicted molar refractivity (Wildman–Crippen MR) is 89.7 cm³/mol. The lowest BCUT2D eigenvalue weighted by molar-refractivity contribution is -0.142. The third kappa shape index (κ3) is 6.75. The molecule has 0 spiro atoms. The Morgan fingerprint density at radius 2 is 2.13 bits per heavy atom. The Hall–Kier alpha value is -1.33. The maximum atomic E-state index is 11.2. The number of carbonyl (C=O) groups is 1. The topological polar surface area (TPSA) is 60.5 Å². The van der Waals surface area contributed by atoms with Gasteiger partial charge in [-0.25, -0.2) is 4.98 Å². The molecule has 6 heteroatoms. The Labute approximate surface area is 142 Å². The normalized spacial score (nSPS) is 21.0. The highest BCUT2D eigenvalue weighted by atomic mass is 35.5. The van der Waals surface area contributed by atoms with Gasteiger partial charge < -0.3 is 14.8 Å². The Morgan fingerprint density at radius 1 is 1.35 bits per heavy atom. The lowest BCUT2D eigenvalue weighted by Gasteiger charge is -2.28. The fourth-order valence-electron chi connectivity index (χ4n) is 2.79. The number of halogens is 1. The first-order valence-corrected chi connectivity index (χ1v) is 8.69. The lowest BCUT2D eigenvalue weighted by atomic mass is 9.87. The first kappa shape index (κ1) is 18.0. The number of carbonyl (C=O) groups excluding carboxylic acids is 1. The van der Waals surface area contributed by atoms with Crippen LogP contribution in [0.5, 0.6) is 5.88 Å². The number of nitrogens with zero attached hydrogens (tertiary/aromatic N) is 1. The zero-order valence-electron chi connectivity index (χ0n) is 13.6. The second-order valence-electron chi connectivity index (χ2n) is 5.83. The van der Waals surface area contributed by atoms with Gasteiger partial charge in [0.25, 0.3) is 0 Å². The molecule has 0 aliphatic heterocycles. The predicted octanol–water partition coefficient (Wildman–Crippen LogP) is 3.22. The van der Waals surface area contributed by atoms with Crippen molar-refractivity contribution in [3.63, 3.8) is 0 Å². The molecule has 1 aromatic heterocycles. The van der Waals surface area contributed by atoms with E-state index in [1.165, 1.54) is 0 Å². The summed E-state index contributed by atoms with van der Waals surface area (Å²) in [6.45, 7) is 3.91. The summed E-state index contributed by atoms with van der Waals surface area (Å²) in [4.78, 5) is 15.4. The number of esters is 1. The molecular formula is C17H25ClN2O3. The standard InChI is InChI=1S/C17H25ClN2O3/c1-2-22-17(21)9-10-19-11-13-3-6-15(7-4-13)23-16-8-5-14(18)12-20-16/h5,8,12-13,15,19H,2-4,6-7,9-11H2,1H3/t13-,15-. The fourth-order valence-corrected chi connectivity index (χ4v) is 2.90. The van der Waals surface area contributed by atoms with Gasteiger partial charge in [0.15, 0.2) is 0 Å². The van der Waals surface area contributed by atoms with Crippen molar-refractivity contribution in [1.82, 2.24) is 10.3 Å². The minimum absolute atomic E-state index is 0.132. The Morgan fingerprint density at radius 3 is 2.78 bits per heavy atom. The molecule has 0 saturated heterocycles. The van der Waals surface area contributed by atoms with Crippen LogP contribution in [-0.2, 0) is 9.53 Å². The Kier molecular flexibility index (Phi) is 7.62. The van der Waals surface area contributed by atoms with Crippen molar-refractivity contribution in [2.75, 3.05) is 19.7 Å². The van der Waals surface area contributed by atoms with E-state index < -0.39 is 0 Å². The number of hydrogen-bond acceptors (Lipinski definition) is 5. The molecule has 1 aromatic rings. The molecule has 5 nitrogen and oxygen atoms in total. The molecule has 128 valence electrons. The van der Waals surface area contributed by atoms with Crippen LogP contribution in [0.25, 0.3) is 0 Å². The second-order valence-corrected chi connectivity index (χ2v) is 6.27. The van der Waals surface area contributed by atoms with E-state index in [2.05, 4.69) is 10.3 Å². The van der Waals surface area contributed by atoms with Crippen LogP contribution in [0.3, 0.4) is 0 Å². The number of nitrogens with one attached hydrogen (secondary N) is 1. The van der Waals surface area contributed by atoms with Gasteiger partial charge in [0, 0.05) is 18.8 Å². The number of rotatable bonds is 8. The maximum absolute atomic E-state index is 11.2. The second kappa shape index (κ2) is 9.73. The molecule has 1 aliphatic carbocycles. The average molecular weight is 341 g/mol. The monoisotopic (exact) mass is 340 g/mol. The fraction of sp³-hybridized carbons (Fsp3) is 0.647. The van der Waals surface area contributed by atoms with Gasteiger partial charge in [-0.2, -0.15) is 0 Å². The molecule has 1 aliphatic rings. The highest BCUT2D eigenvalue weighted by molar-refractivity contribution is 6.30. The van der Waals surface area contributed by atoms with E-state index in [1.807, 2.05) is 13.0 Å². The molecule has 0 unspecified atom stereocenters. The molecule has 1 saturated carbocycles. The van der Waals surface area contributed by atoms with Gasteiger partial charge in [0.2, 0.25) is 5.88 Å². The van der Waals surface area contributed by atoms with Crippen molar-refractivity contribution in [3.05, 3.63) is 23.4 Å². The van der Waals surface area contributed by atoms with Gasteiger partial charge in [-0.05, 0) is 51.1 Å². The van der Waals surface area contributed by atoms with Gasteiger partial charge in [-0.1, -0.05) is 11.6 Å². The van der Waals surface area contributed by atoms with Crippen LogP contribution in [0.1, 0.15) is 39.0 Å². The molecule has 1 N–H and O–H groups in total. The summed E-state index contributed by atoms with van der Waals surface area (Å²) in [5.41, 5.74) is 0. The molecule has 0 amide bonds. The number of pyridine rings is 1. The first-order chi connectivity index (χ1) is 11.2. The summed E-state index contributed by atoms with van der Waals surface area (Å²) in [6.07, 6.45) is 6.61. The van der Waals surface area contributed by atoms with Crippen LogP contribution in [0.2, 0.25) is 5.02 Å². The van der Waals surface area contributed by atoms with Crippen LogP contribution in [0.4, 0.5) is 0 Å². The van der Waals surface area contributed by atoms with Crippen LogP contribution < -0.4 is 10.1 Å². The van der Waals surface area contributed by atoms with Crippen molar-refractivity contribution >= 4 is 17.6 Å². The van der Waals surface area contributed by atoms with Crippen LogP contribution in [0, 0.1) is 5.92 Å². The third-order valence-electron chi connectivity index (χ3n) is 4.03. The van der Waals surface area contributed by atoms with Gasteiger partial charge in [0.05, 0.1) is 18.1 Å². The summed E-state index contributed by atoms with van der Waals surface area (Å²) in [5.74, 6) is 1.16. The van der Waals surface area contributed by atoms with Gasteiger partial charge in [0.1, 0.15) is 6.10 Å². The zero-order chi connectivity index (χ0) is 16.5. The summed E-state index contributed by atoms with van der Waals surface area (Å²) in [5, 5.41) is 3.97. The molecular weight excluding hydrogens is 316 g/mol. The number of hydrogen-bond donors (Lipinski definition) is 1. The van der Waals surface area contributed by atoms with E-state index in [1.54, 1.807) is 12.3 Å². The molecule has 0 atom stereocenters. The highest BCUT2D eigenvalue weighted by Crippen LogP contribution is 2.27. The van der Waals surface area contributed by atoms with Crippen molar-refractivity contribution in [2.24, 2.45) is 5.92 Å². The number of aromatic nitrogens is 1. The third-order valence-corrected chi connectivity index (χ3v) is 4.25. The minimum Gasteiger partial charge on any atom is -0.474 e. The summed E-state index contributed by atoms with van der Waals surface area (Å²) in [7, 11) is 0. The van der Waals surface area contributed by atoms with E-state index in [0.29, 0.717) is 36.4 Å². The molecule has 23 heavy (non-hydrogen) atoms. The zero-order valence-corrected chi connectivity index (χ0v) is 14.3. The maximum Gasteiger partial charge on any atom is 0.307 e. The molecule has 1 heterocycles. The lowest BCUT2D eigenvalue weighted by Crippen LogP contribution is -2.31. The summed E-state index contributed by atoms with van der Waals surface area (Å²) >= 11 is 5.82. The summed E-state index contributed by atoms with van der Waals surface area (Å²) in [6, 6.07) is 3.61.